The van der Waals surface area contributed by atoms with E-state index in [1.165, 1.54) is 6.07 Å². The summed E-state index contributed by atoms with van der Waals surface area (Å²) in [5.41, 5.74) is 2.57. The summed E-state index contributed by atoms with van der Waals surface area (Å²) in [5.74, 6) is -0.403. The highest BCUT2D eigenvalue weighted by Crippen LogP contribution is 2.46. The summed E-state index contributed by atoms with van der Waals surface area (Å²) in [4.78, 5) is 14.3. The van der Waals surface area contributed by atoms with E-state index in [1.54, 1.807) is 11.8 Å². The van der Waals surface area contributed by atoms with E-state index in [0.29, 0.717) is 18.5 Å². The molecule has 1 atom stereocenters. The van der Waals surface area contributed by atoms with Crippen LogP contribution in [0.3, 0.4) is 0 Å². The van der Waals surface area contributed by atoms with Crippen LogP contribution in [-0.2, 0) is 11.2 Å². The molecular weight excluding hydrogens is 342 g/mol. The van der Waals surface area contributed by atoms with Gasteiger partial charge in [-0.15, -0.1) is 0 Å². The minimum Gasteiger partial charge on any atom is -0.504 e. The maximum Gasteiger partial charge on any atom is 0.410 e. The summed E-state index contributed by atoms with van der Waals surface area (Å²) in [6, 6.07) is 16.4. The van der Waals surface area contributed by atoms with E-state index in [1.807, 2.05) is 48.5 Å². The third-order valence-electron chi connectivity index (χ3n) is 5.10. The largest absolute Gasteiger partial charge is 0.504 e. The number of aromatic hydroxyl groups is 2. The highest BCUT2D eigenvalue weighted by Gasteiger charge is 2.36. The van der Waals surface area contributed by atoms with Gasteiger partial charge in [0.1, 0.15) is 0 Å². The Kier molecular flexibility index (Phi) is 4.36. The number of benzene rings is 3. The number of carbonyl (C=O) groups excluding carboxylic acids is 1. The van der Waals surface area contributed by atoms with Crippen LogP contribution in [0.2, 0.25) is 0 Å². The molecular formula is C22H21NO4. The van der Waals surface area contributed by atoms with Crippen molar-refractivity contribution in [2.75, 3.05) is 13.2 Å². The molecule has 0 aliphatic carbocycles. The van der Waals surface area contributed by atoms with Crippen LogP contribution in [0.25, 0.3) is 10.8 Å². The van der Waals surface area contributed by atoms with Crippen LogP contribution in [0.1, 0.15) is 29.7 Å². The summed E-state index contributed by atoms with van der Waals surface area (Å²) < 4.78 is 5.27. The quantitative estimate of drug-likeness (QED) is 0.664. The number of amides is 1. The number of phenols is 2. The monoisotopic (exact) mass is 363 g/mol. The van der Waals surface area contributed by atoms with Gasteiger partial charge in [0.05, 0.1) is 12.6 Å². The zero-order valence-corrected chi connectivity index (χ0v) is 15.1. The summed E-state index contributed by atoms with van der Waals surface area (Å²) >= 11 is 0. The van der Waals surface area contributed by atoms with Crippen molar-refractivity contribution in [2.45, 2.75) is 19.4 Å². The fraction of sp³-hybridized carbons (Fsp3) is 0.227. The Hall–Kier alpha value is -3.21. The zero-order chi connectivity index (χ0) is 19.0. The highest BCUT2D eigenvalue weighted by molar-refractivity contribution is 5.91. The first-order valence-electron chi connectivity index (χ1n) is 9.06. The standard InChI is InChI=1S/C22H21NO4/c1-2-27-22(26)23-12-11-14-7-3-6-10-17(14)20(23)19-16-9-5-4-8-15(16)13-18(24)21(19)25/h3-10,13,20,24-25H,2,11-12H2,1H3. The van der Waals surface area contributed by atoms with Crippen molar-refractivity contribution < 1.29 is 19.7 Å². The fourth-order valence-corrected chi connectivity index (χ4v) is 3.91. The number of nitrogens with zero attached hydrogens (tertiary/aromatic N) is 1. The van der Waals surface area contributed by atoms with Gasteiger partial charge in [0.15, 0.2) is 11.5 Å². The average molecular weight is 363 g/mol. The first-order chi connectivity index (χ1) is 13.1. The lowest BCUT2D eigenvalue weighted by molar-refractivity contribution is 0.0935. The smallest absolute Gasteiger partial charge is 0.410 e. The molecule has 0 spiro atoms. The topological polar surface area (TPSA) is 70.0 Å². The Balaban J connectivity index is 2.00. The predicted octanol–water partition coefficient (Wildman–Crippen LogP) is 4.36. The summed E-state index contributed by atoms with van der Waals surface area (Å²) in [6.07, 6.45) is 0.284. The lowest BCUT2D eigenvalue weighted by Gasteiger charge is -2.37. The Morgan fingerprint density at radius 1 is 1.15 bits per heavy atom. The van der Waals surface area contributed by atoms with Gasteiger partial charge in [0.2, 0.25) is 0 Å². The minimum atomic E-state index is -0.536. The van der Waals surface area contributed by atoms with Crippen LogP contribution in [0, 0.1) is 0 Å². The van der Waals surface area contributed by atoms with Gasteiger partial charge in [0, 0.05) is 12.1 Å². The lowest BCUT2D eigenvalue weighted by Crippen LogP contribution is -2.41. The number of rotatable bonds is 2. The van der Waals surface area contributed by atoms with Crippen LogP contribution in [0.4, 0.5) is 4.79 Å². The molecule has 3 aromatic rings. The normalized spacial score (nSPS) is 16.2. The molecule has 1 heterocycles. The molecule has 0 saturated carbocycles. The minimum absolute atomic E-state index is 0.199. The molecule has 0 saturated heterocycles. The molecule has 138 valence electrons. The molecule has 1 unspecified atom stereocenters. The van der Waals surface area contributed by atoms with Gasteiger partial charge in [-0.25, -0.2) is 4.79 Å². The summed E-state index contributed by atoms with van der Waals surface area (Å²) in [5, 5.41) is 22.7. The lowest BCUT2D eigenvalue weighted by atomic mass is 9.85. The number of phenolic OH excluding ortho intramolecular Hbond substituents is 2. The number of hydrogen-bond donors (Lipinski definition) is 2. The van der Waals surface area contributed by atoms with Gasteiger partial charge in [0.25, 0.3) is 0 Å². The molecule has 5 nitrogen and oxygen atoms in total. The van der Waals surface area contributed by atoms with Gasteiger partial charge in [-0.2, -0.15) is 0 Å². The Bertz CT molecular complexity index is 1010. The van der Waals surface area contributed by atoms with Gasteiger partial charge < -0.3 is 14.9 Å². The first-order valence-corrected chi connectivity index (χ1v) is 9.06. The van der Waals surface area contributed by atoms with Crippen molar-refractivity contribution in [3.63, 3.8) is 0 Å². The number of carbonyl (C=O) groups is 1. The number of ether oxygens (including phenoxy) is 1. The van der Waals surface area contributed by atoms with Crippen LogP contribution in [-0.4, -0.2) is 34.4 Å². The van der Waals surface area contributed by atoms with Crippen molar-refractivity contribution in [1.29, 1.82) is 0 Å². The molecule has 1 aliphatic rings. The van der Waals surface area contributed by atoms with E-state index < -0.39 is 12.1 Å². The molecule has 27 heavy (non-hydrogen) atoms. The molecule has 0 radical (unpaired) electrons. The molecule has 5 heteroatoms. The van der Waals surface area contributed by atoms with Gasteiger partial charge in [-0.05, 0) is 41.3 Å². The third-order valence-corrected chi connectivity index (χ3v) is 5.10. The van der Waals surface area contributed by atoms with Crippen molar-refractivity contribution in [3.05, 3.63) is 71.3 Å². The van der Waals surface area contributed by atoms with Crippen molar-refractivity contribution >= 4 is 16.9 Å². The van der Waals surface area contributed by atoms with Gasteiger partial charge in [-0.1, -0.05) is 48.5 Å². The molecule has 0 fully saturated rings. The zero-order valence-electron chi connectivity index (χ0n) is 15.1. The van der Waals surface area contributed by atoms with E-state index in [-0.39, 0.29) is 18.1 Å². The molecule has 0 bridgehead atoms. The molecule has 1 aliphatic heterocycles. The molecule has 3 aromatic carbocycles. The van der Waals surface area contributed by atoms with E-state index >= 15 is 0 Å². The van der Waals surface area contributed by atoms with Crippen LogP contribution < -0.4 is 0 Å². The molecule has 1 amide bonds. The van der Waals surface area contributed by atoms with E-state index in [2.05, 4.69) is 0 Å². The second-order valence-electron chi connectivity index (χ2n) is 6.62. The molecule has 0 aromatic heterocycles. The third kappa shape index (κ3) is 2.85. The Labute approximate surface area is 157 Å². The second kappa shape index (κ2) is 6.83. The van der Waals surface area contributed by atoms with Crippen LogP contribution >= 0.6 is 0 Å². The average Bonchev–Trinajstić information content (AvgIpc) is 2.69. The summed E-state index contributed by atoms with van der Waals surface area (Å²) in [6.45, 7) is 2.52. The maximum atomic E-state index is 12.7. The van der Waals surface area contributed by atoms with Gasteiger partial charge >= 0.3 is 6.09 Å². The van der Waals surface area contributed by atoms with Crippen molar-refractivity contribution in [1.82, 2.24) is 4.90 Å². The second-order valence-corrected chi connectivity index (χ2v) is 6.62. The highest BCUT2D eigenvalue weighted by atomic mass is 16.6. The van der Waals surface area contributed by atoms with Crippen LogP contribution in [0.15, 0.2) is 54.6 Å². The number of fused-ring (bicyclic) bond motifs is 2. The van der Waals surface area contributed by atoms with Crippen molar-refractivity contribution in [3.8, 4) is 11.5 Å². The number of hydrogen-bond acceptors (Lipinski definition) is 4. The van der Waals surface area contributed by atoms with Crippen LogP contribution in [0.5, 0.6) is 11.5 Å². The SMILES string of the molecule is CCOC(=O)N1CCc2ccccc2C1c1c(O)c(O)cc2ccccc12. The molecule has 2 N–H and O–H groups in total. The van der Waals surface area contributed by atoms with Crippen molar-refractivity contribution in [2.24, 2.45) is 0 Å². The summed E-state index contributed by atoms with van der Waals surface area (Å²) in [7, 11) is 0. The van der Waals surface area contributed by atoms with Gasteiger partial charge in [-0.3, -0.25) is 4.90 Å². The van der Waals surface area contributed by atoms with E-state index in [4.69, 9.17) is 4.74 Å². The predicted molar refractivity (Wildman–Crippen MR) is 103 cm³/mol. The first kappa shape index (κ1) is 17.2. The molecule has 4 rings (SSSR count). The Morgan fingerprint density at radius 2 is 1.89 bits per heavy atom. The van der Waals surface area contributed by atoms with E-state index in [9.17, 15) is 15.0 Å². The maximum absolute atomic E-state index is 12.7. The fourth-order valence-electron chi connectivity index (χ4n) is 3.91. The Morgan fingerprint density at radius 3 is 2.70 bits per heavy atom. The van der Waals surface area contributed by atoms with E-state index in [0.717, 1.165) is 21.9 Å².